The third kappa shape index (κ3) is 5.03. The Morgan fingerprint density at radius 3 is 2.36 bits per heavy atom. The van der Waals surface area contributed by atoms with Crippen molar-refractivity contribution in [1.82, 2.24) is 4.90 Å². The van der Waals surface area contributed by atoms with Crippen LogP contribution in [0.15, 0.2) is 54.1 Å². The lowest BCUT2D eigenvalue weighted by atomic mass is 9.95. The Morgan fingerprint density at radius 2 is 1.76 bits per heavy atom. The Hall–Kier alpha value is -3.32. The molecular weight excluding hydrogens is 420 g/mol. The molecule has 1 saturated heterocycles. The van der Waals surface area contributed by atoms with Crippen LogP contribution in [0.1, 0.15) is 37.9 Å². The van der Waals surface area contributed by atoms with Crippen molar-refractivity contribution in [3.63, 3.8) is 0 Å². The number of methoxy groups -OCH3 is 1. The van der Waals surface area contributed by atoms with E-state index in [1.54, 1.807) is 31.4 Å². The van der Waals surface area contributed by atoms with Crippen LogP contribution in [0, 0.1) is 0 Å². The van der Waals surface area contributed by atoms with Crippen molar-refractivity contribution in [2.24, 2.45) is 0 Å². The van der Waals surface area contributed by atoms with Gasteiger partial charge in [-0.15, -0.1) is 0 Å². The summed E-state index contributed by atoms with van der Waals surface area (Å²) in [4.78, 5) is 29.7. The zero-order valence-electron chi connectivity index (χ0n) is 19.7. The summed E-state index contributed by atoms with van der Waals surface area (Å²) in [7, 11) is 1.55. The van der Waals surface area contributed by atoms with E-state index in [9.17, 15) is 14.7 Å². The Balaban J connectivity index is 2.10. The van der Waals surface area contributed by atoms with Crippen LogP contribution in [0.5, 0.6) is 5.75 Å². The number of amides is 1. The average molecular weight is 453 g/mol. The third-order valence-corrected chi connectivity index (χ3v) is 5.83. The van der Waals surface area contributed by atoms with Crippen molar-refractivity contribution in [3.05, 3.63) is 65.2 Å². The summed E-state index contributed by atoms with van der Waals surface area (Å²) in [5.74, 6) is -0.987. The quantitative estimate of drug-likeness (QED) is 0.334. The first kappa shape index (κ1) is 24.3. The maximum atomic E-state index is 13.1. The first-order valence-corrected chi connectivity index (χ1v) is 11.3. The second-order valence-electron chi connectivity index (χ2n) is 7.71. The number of anilines is 1. The van der Waals surface area contributed by atoms with Gasteiger partial charge in [0.25, 0.3) is 11.7 Å². The molecule has 0 spiro atoms. The number of hydrogen-bond acceptors (Lipinski definition) is 6. The van der Waals surface area contributed by atoms with Crippen molar-refractivity contribution >= 4 is 23.1 Å². The molecule has 0 bridgehead atoms. The number of benzene rings is 2. The Morgan fingerprint density at radius 1 is 1.06 bits per heavy atom. The van der Waals surface area contributed by atoms with Gasteiger partial charge in [0.1, 0.15) is 11.5 Å². The van der Waals surface area contributed by atoms with Crippen LogP contribution >= 0.6 is 0 Å². The molecule has 1 aliphatic rings. The van der Waals surface area contributed by atoms with E-state index >= 15 is 0 Å². The summed E-state index contributed by atoms with van der Waals surface area (Å²) >= 11 is 0. The average Bonchev–Trinajstić information content (AvgIpc) is 3.08. The molecule has 2 aromatic rings. The molecule has 176 valence electrons. The molecule has 1 amide bonds. The molecule has 1 N–H and O–H groups in total. The first-order valence-electron chi connectivity index (χ1n) is 11.3. The van der Waals surface area contributed by atoms with Gasteiger partial charge in [-0.3, -0.25) is 9.59 Å². The van der Waals surface area contributed by atoms with Gasteiger partial charge in [-0.05, 0) is 50.6 Å². The van der Waals surface area contributed by atoms with Crippen LogP contribution in [-0.4, -0.2) is 61.7 Å². The fraction of sp³-hybridized carbons (Fsp3) is 0.385. The van der Waals surface area contributed by atoms with Gasteiger partial charge in [-0.1, -0.05) is 24.3 Å². The highest BCUT2D eigenvalue weighted by molar-refractivity contribution is 6.46. The molecule has 1 unspecified atom stereocenters. The van der Waals surface area contributed by atoms with Crippen LogP contribution in [0.2, 0.25) is 0 Å². The van der Waals surface area contributed by atoms with E-state index in [0.29, 0.717) is 17.9 Å². The van der Waals surface area contributed by atoms with Crippen LogP contribution < -0.4 is 9.64 Å². The second-order valence-corrected chi connectivity index (χ2v) is 7.71. The molecule has 2 aromatic carbocycles. The molecule has 0 aromatic heterocycles. The highest BCUT2D eigenvalue weighted by Crippen LogP contribution is 2.40. The second kappa shape index (κ2) is 11.0. The summed E-state index contributed by atoms with van der Waals surface area (Å²) in [5, 5.41) is 11.2. The van der Waals surface area contributed by atoms with Crippen molar-refractivity contribution in [2.75, 3.05) is 44.9 Å². The van der Waals surface area contributed by atoms with Gasteiger partial charge in [0.15, 0.2) is 0 Å². The topological polar surface area (TPSA) is 79.3 Å². The summed E-state index contributed by atoms with van der Waals surface area (Å²) in [6.45, 7) is 8.79. The zero-order valence-corrected chi connectivity index (χ0v) is 19.7. The van der Waals surface area contributed by atoms with Crippen molar-refractivity contribution in [3.8, 4) is 5.75 Å². The molecule has 33 heavy (non-hydrogen) atoms. The number of carbonyl (C=O) groups excluding carboxylic acids is 2. The molecule has 7 heteroatoms. The zero-order chi connectivity index (χ0) is 24.0. The van der Waals surface area contributed by atoms with Gasteiger partial charge in [-0.25, -0.2) is 0 Å². The Labute approximate surface area is 195 Å². The normalized spacial score (nSPS) is 17.5. The minimum Gasteiger partial charge on any atom is -0.507 e. The molecule has 1 atom stereocenters. The predicted octanol–water partition coefficient (Wildman–Crippen LogP) is 4.00. The fourth-order valence-electron chi connectivity index (χ4n) is 4.16. The Kier molecular flexibility index (Phi) is 8.11. The highest BCUT2D eigenvalue weighted by atomic mass is 16.5. The number of ketones is 1. The van der Waals surface area contributed by atoms with Crippen LogP contribution in [0.3, 0.4) is 0 Å². The smallest absolute Gasteiger partial charge is 0.295 e. The van der Waals surface area contributed by atoms with E-state index < -0.39 is 17.7 Å². The first-order chi connectivity index (χ1) is 16.0. The predicted molar refractivity (Wildman–Crippen MR) is 128 cm³/mol. The van der Waals surface area contributed by atoms with Crippen molar-refractivity contribution in [1.29, 1.82) is 0 Å². The Bertz CT molecular complexity index is 1010. The summed E-state index contributed by atoms with van der Waals surface area (Å²) in [6.07, 6.45) is 0. The summed E-state index contributed by atoms with van der Waals surface area (Å²) < 4.78 is 10.7. The number of aliphatic hydroxyl groups is 1. The molecule has 1 aliphatic heterocycles. The monoisotopic (exact) mass is 452 g/mol. The van der Waals surface area contributed by atoms with E-state index in [-0.39, 0.29) is 24.5 Å². The van der Waals surface area contributed by atoms with E-state index in [1.165, 1.54) is 4.90 Å². The summed E-state index contributed by atoms with van der Waals surface area (Å²) in [5.41, 5.74) is 2.31. The summed E-state index contributed by atoms with van der Waals surface area (Å²) in [6, 6.07) is 14.0. The van der Waals surface area contributed by atoms with Crippen molar-refractivity contribution in [2.45, 2.75) is 26.8 Å². The number of hydrogen-bond donors (Lipinski definition) is 1. The maximum Gasteiger partial charge on any atom is 0.295 e. The van der Waals surface area contributed by atoms with Gasteiger partial charge in [0, 0.05) is 38.0 Å². The molecule has 1 fully saturated rings. The molecule has 3 rings (SSSR count). The molecule has 1 heterocycles. The molecule has 0 saturated carbocycles. The fourth-order valence-corrected chi connectivity index (χ4v) is 4.16. The lowest BCUT2D eigenvalue weighted by Crippen LogP contribution is -2.32. The van der Waals surface area contributed by atoms with Gasteiger partial charge in [0.2, 0.25) is 0 Å². The number of nitrogens with zero attached hydrogens (tertiary/aromatic N) is 2. The number of ether oxygens (including phenoxy) is 2. The lowest BCUT2D eigenvalue weighted by Gasteiger charge is -2.26. The number of rotatable bonds is 10. The highest BCUT2D eigenvalue weighted by Gasteiger charge is 2.45. The third-order valence-electron chi connectivity index (χ3n) is 5.83. The lowest BCUT2D eigenvalue weighted by molar-refractivity contribution is -0.140. The van der Waals surface area contributed by atoms with Gasteiger partial charge in [0.05, 0.1) is 24.8 Å². The molecule has 0 radical (unpaired) electrons. The van der Waals surface area contributed by atoms with E-state index in [0.717, 1.165) is 24.3 Å². The molecule has 0 aliphatic carbocycles. The maximum absolute atomic E-state index is 13.1. The number of likely N-dealkylation sites (tertiary alicyclic amines) is 1. The van der Waals surface area contributed by atoms with Gasteiger partial charge >= 0.3 is 0 Å². The van der Waals surface area contributed by atoms with Gasteiger partial charge in [-0.2, -0.15) is 0 Å². The molecular formula is C26H32N2O5. The minimum atomic E-state index is -0.707. The number of carbonyl (C=O) groups is 2. The minimum absolute atomic E-state index is 0.0698. The van der Waals surface area contributed by atoms with Crippen LogP contribution in [-0.2, 0) is 14.3 Å². The van der Waals surface area contributed by atoms with Gasteiger partial charge < -0.3 is 24.4 Å². The largest absolute Gasteiger partial charge is 0.507 e. The van der Waals surface area contributed by atoms with E-state index in [4.69, 9.17) is 9.47 Å². The van der Waals surface area contributed by atoms with Crippen LogP contribution in [0.25, 0.3) is 5.76 Å². The van der Waals surface area contributed by atoms with E-state index in [1.807, 2.05) is 31.2 Å². The molecule has 7 nitrogen and oxygen atoms in total. The SMILES string of the molecule is CCOc1cccc(/C(O)=C2/C(=O)C(=O)N(CCOC)C2c2ccc(N(CC)CC)cc2)c1. The standard InChI is InChI=1S/C26H32N2O5/c1-5-27(6-2)20-13-11-18(12-14-20)23-22(25(30)26(31)28(23)15-16-32-4)24(29)19-9-8-10-21(17-19)33-7-3/h8-14,17,23,29H,5-7,15-16H2,1-4H3/b24-22-. The number of Topliss-reactive ketones (excluding diaryl/α,β-unsaturated/α-hetero) is 1. The number of aliphatic hydroxyl groups excluding tert-OH is 1. The van der Waals surface area contributed by atoms with Crippen LogP contribution in [0.4, 0.5) is 5.69 Å². The van der Waals surface area contributed by atoms with Crippen molar-refractivity contribution < 1.29 is 24.2 Å². The van der Waals surface area contributed by atoms with E-state index in [2.05, 4.69) is 18.7 Å².